The summed E-state index contributed by atoms with van der Waals surface area (Å²) in [4.78, 5) is 17.8. The van der Waals surface area contributed by atoms with Crippen LogP contribution >= 0.6 is 0 Å². The lowest BCUT2D eigenvalue weighted by Crippen LogP contribution is -2.18. The monoisotopic (exact) mass is 253 g/mol. The molecule has 0 aliphatic carbocycles. The molecule has 0 bridgehead atoms. The van der Waals surface area contributed by atoms with Crippen LogP contribution in [0.3, 0.4) is 0 Å². The maximum absolute atomic E-state index is 11.4. The maximum atomic E-state index is 11.4. The van der Waals surface area contributed by atoms with Crippen molar-refractivity contribution in [1.82, 2.24) is 9.88 Å². The Morgan fingerprint density at radius 2 is 2.26 bits per heavy atom. The Balaban J connectivity index is 2.50. The second-order valence-electron chi connectivity index (χ2n) is 4.41. The number of hydrogen-bond donors (Lipinski definition) is 1. The molecule has 1 aromatic heterocycles. The molecule has 0 spiro atoms. The van der Waals surface area contributed by atoms with Gasteiger partial charge in [-0.05, 0) is 24.7 Å². The minimum absolute atomic E-state index is 0.443. The molecule has 0 fully saturated rings. The SMILES string of the molecule is C#CCN(C)Cc1ccc(C(N)=O)c2cccnc12. The van der Waals surface area contributed by atoms with Gasteiger partial charge in [0, 0.05) is 23.7 Å². The smallest absolute Gasteiger partial charge is 0.249 e. The zero-order valence-corrected chi connectivity index (χ0v) is 10.8. The summed E-state index contributed by atoms with van der Waals surface area (Å²) >= 11 is 0. The number of rotatable bonds is 4. The summed E-state index contributed by atoms with van der Waals surface area (Å²) in [6, 6.07) is 7.27. The molecule has 0 aliphatic heterocycles. The number of nitrogens with zero attached hydrogens (tertiary/aromatic N) is 2. The lowest BCUT2D eigenvalue weighted by atomic mass is 10.0. The number of aromatic nitrogens is 1. The highest BCUT2D eigenvalue weighted by atomic mass is 16.1. The second-order valence-corrected chi connectivity index (χ2v) is 4.41. The van der Waals surface area contributed by atoms with Gasteiger partial charge in [0.05, 0.1) is 12.1 Å². The molecular formula is C15H15N3O. The molecule has 2 aromatic rings. The maximum Gasteiger partial charge on any atom is 0.249 e. The van der Waals surface area contributed by atoms with Gasteiger partial charge in [0.2, 0.25) is 5.91 Å². The Morgan fingerprint density at radius 1 is 1.47 bits per heavy atom. The highest BCUT2D eigenvalue weighted by Crippen LogP contribution is 2.21. The Hall–Kier alpha value is -2.38. The number of benzene rings is 1. The minimum Gasteiger partial charge on any atom is -0.366 e. The van der Waals surface area contributed by atoms with Crippen LogP contribution in [-0.2, 0) is 6.54 Å². The van der Waals surface area contributed by atoms with Gasteiger partial charge in [-0.25, -0.2) is 0 Å². The highest BCUT2D eigenvalue weighted by molar-refractivity contribution is 6.06. The first kappa shape index (κ1) is 13.1. The van der Waals surface area contributed by atoms with Crippen molar-refractivity contribution < 1.29 is 4.79 Å². The zero-order valence-electron chi connectivity index (χ0n) is 10.8. The number of pyridine rings is 1. The van der Waals surface area contributed by atoms with Gasteiger partial charge in [0.25, 0.3) is 0 Å². The molecular weight excluding hydrogens is 238 g/mol. The number of amides is 1. The van der Waals surface area contributed by atoms with Crippen molar-refractivity contribution in [3.8, 4) is 12.3 Å². The van der Waals surface area contributed by atoms with Crippen LogP contribution in [0.15, 0.2) is 30.5 Å². The van der Waals surface area contributed by atoms with E-state index >= 15 is 0 Å². The molecule has 0 unspecified atom stereocenters. The van der Waals surface area contributed by atoms with E-state index < -0.39 is 5.91 Å². The molecule has 19 heavy (non-hydrogen) atoms. The summed E-state index contributed by atoms with van der Waals surface area (Å²) in [7, 11) is 1.94. The molecule has 0 saturated heterocycles. The molecule has 0 aliphatic rings. The third kappa shape index (κ3) is 2.72. The van der Waals surface area contributed by atoms with Crippen LogP contribution in [0.2, 0.25) is 0 Å². The molecule has 4 nitrogen and oxygen atoms in total. The van der Waals surface area contributed by atoms with Gasteiger partial charge >= 0.3 is 0 Å². The first-order valence-corrected chi connectivity index (χ1v) is 5.92. The molecule has 2 rings (SSSR count). The molecule has 2 N–H and O–H groups in total. The average Bonchev–Trinajstić information content (AvgIpc) is 2.39. The van der Waals surface area contributed by atoms with E-state index in [1.54, 1.807) is 18.3 Å². The lowest BCUT2D eigenvalue weighted by molar-refractivity contribution is 0.100. The van der Waals surface area contributed by atoms with Crippen LogP contribution in [0.25, 0.3) is 10.9 Å². The van der Waals surface area contributed by atoms with Gasteiger partial charge in [0.15, 0.2) is 0 Å². The Bertz CT molecular complexity index is 658. The first-order valence-electron chi connectivity index (χ1n) is 5.92. The van der Waals surface area contributed by atoms with Crippen LogP contribution in [0.4, 0.5) is 0 Å². The standard InChI is InChI=1S/C15H15N3O/c1-3-9-18(2)10-11-6-7-13(15(16)19)12-5-4-8-17-14(11)12/h1,4-8H,9-10H2,2H3,(H2,16,19). The van der Waals surface area contributed by atoms with E-state index in [-0.39, 0.29) is 0 Å². The molecule has 1 heterocycles. The number of fused-ring (bicyclic) bond motifs is 1. The predicted octanol–water partition coefficient (Wildman–Crippen LogP) is 1.40. The Labute approximate surface area is 112 Å². The molecule has 0 radical (unpaired) electrons. The molecule has 96 valence electrons. The quantitative estimate of drug-likeness (QED) is 0.838. The summed E-state index contributed by atoms with van der Waals surface area (Å²) in [5, 5.41) is 0.779. The van der Waals surface area contributed by atoms with Crippen LogP contribution in [0.1, 0.15) is 15.9 Å². The van der Waals surface area contributed by atoms with E-state index in [0.29, 0.717) is 18.7 Å². The number of carbonyl (C=O) groups is 1. The molecule has 1 amide bonds. The van der Waals surface area contributed by atoms with Crippen molar-refractivity contribution in [3.05, 3.63) is 41.6 Å². The molecule has 4 heteroatoms. The zero-order chi connectivity index (χ0) is 13.8. The van der Waals surface area contributed by atoms with Gasteiger partial charge < -0.3 is 5.73 Å². The fourth-order valence-corrected chi connectivity index (χ4v) is 2.08. The van der Waals surface area contributed by atoms with E-state index in [0.717, 1.165) is 16.5 Å². The van der Waals surface area contributed by atoms with E-state index in [1.807, 2.05) is 24.1 Å². The fourth-order valence-electron chi connectivity index (χ4n) is 2.08. The fraction of sp³-hybridized carbons (Fsp3) is 0.200. The van der Waals surface area contributed by atoms with Crippen molar-refractivity contribution in [2.24, 2.45) is 5.73 Å². The van der Waals surface area contributed by atoms with Gasteiger partial charge in [0.1, 0.15) is 0 Å². The van der Waals surface area contributed by atoms with Gasteiger partial charge in [-0.15, -0.1) is 6.42 Å². The summed E-state index contributed by atoms with van der Waals surface area (Å²) in [5.41, 5.74) is 7.69. The van der Waals surface area contributed by atoms with E-state index in [9.17, 15) is 4.79 Å². The topological polar surface area (TPSA) is 59.2 Å². The van der Waals surface area contributed by atoms with E-state index in [1.165, 1.54) is 0 Å². The van der Waals surface area contributed by atoms with Crippen molar-refractivity contribution in [1.29, 1.82) is 0 Å². The molecule has 0 atom stereocenters. The molecule has 0 saturated carbocycles. The third-order valence-corrected chi connectivity index (χ3v) is 2.92. The normalized spacial score (nSPS) is 10.6. The predicted molar refractivity (Wildman–Crippen MR) is 75.4 cm³/mol. The highest BCUT2D eigenvalue weighted by Gasteiger charge is 2.11. The minimum atomic E-state index is -0.443. The number of primary amides is 1. The van der Waals surface area contributed by atoms with Crippen molar-refractivity contribution >= 4 is 16.8 Å². The summed E-state index contributed by atoms with van der Waals surface area (Å²) in [6.07, 6.45) is 7.00. The second kappa shape index (κ2) is 5.51. The van der Waals surface area contributed by atoms with Gasteiger partial charge in [-0.2, -0.15) is 0 Å². The van der Waals surface area contributed by atoms with Crippen molar-refractivity contribution in [2.75, 3.05) is 13.6 Å². The van der Waals surface area contributed by atoms with Crippen LogP contribution < -0.4 is 5.73 Å². The number of terminal acetylenes is 1. The van der Waals surface area contributed by atoms with Crippen molar-refractivity contribution in [3.63, 3.8) is 0 Å². The average molecular weight is 253 g/mol. The largest absolute Gasteiger partial charge is 0.366 e. The van der Waals surface area contributed by atoms with E-state index in [4.69, 9.17) is 12.2 Å². The van der Waals surface area contributed by atoms with E-state index in [2.05, 4.69) is 10.9 Å². The van der Waals surface area contributed by atoms with Gasteiger partial charge in [-0.3, -0.25) is 14.7 Å². The number of carbonyl (C=O) groups excluding carboxylic acids is 1. The first-order chi connectivity index (χ1) is 9.13. The summed E-state index contributed by atoms with van der Waals surface area (Å²) < 4.78 is 0. The lowest BCUT2D eigenvalue weighted by Gasteiger charge is -2.15. The van der Waals surface area contributed by atoms with Crippen LogP contribution in [0.5, 0.6) is 0 Å². The number of nitrogens with two attached hydrogens (primary N) is 1. The number of hydrogen-bond acceptors (Lipinski definition) is 3. The molecule has 1 aromatic carbocycles. The summed E-state index contributed by atoms with van der Waals surface area (Å²) in [5.74, 6) is 2.15. The Morgan fingerprint density at radius 3 is 2.95 bits per heavy atom. The van der Waals surface area contributed by atoms with Crippen LogP contribution in [0, 0.1) is 12.3 Å². The third-order valence-electron chi connectivity index (χ3n) is 2.92. The van der Waals surface area contributed by atoms with Crippen molar-refractivity contribution in [2.45, 2.75) is 6.54 Å². The Kier molecular flexibility index (Phi) is 3.79. The summed E-state index contributed by atoms with van der Waals surface area (Å²) in [6.45, 7) is 1.24. The van der Waals surface area contributed by atoms with Gasteiger partial charge in [-0.1, -0.05) is 18.1 Å². The van der Waals surface area contributed by atoms with Crippen LogP contribution in [-0.4, -0.2) is 29.4 Å².